The molecule has 2 amide bonds. The summed E-state index contributed by atoms with van der Waals surface area (Å²) >= 11 is 0. The maximum Gasteiger partial charge on any atom is 0.251 e. The first-order valence-corrected chi connectivity index (χ1v) is 6.32. The fraction of sp³-hybridized carbons (Fsp3) is 0.429. The van der Waals surface area contributed by atoms with Crippen molar-refractivity contribution in [2.45, 2.75) is 26.4 Å². The van der Waals surface area contributed by atoms with Crippen molar-refractivity contribution in [3.8, 4) is 0 Å². The van der Waals surface area contributed by atoms with Gasteiger partial charge < -0.3 is 15.3 Å². The van der Waals surface area contributed by atoms with Crippen molar-refractivity contribution in [2.24, 2.45) is 0 Å². The number of hydrogen-bond donors (Lipinski definition) is 2. The van der Waals surface area contributed by atoms with E-state index in [4.69, 9.17) is 0 Å². The van der Waals surface area contributed by atoms with Crippen LogP contribution >= 0.6 is 0 Å². The molecule has 0 bridgehead atoms. The van der Waals surface area contributed by atoms with Crippen molar-refractivity contribution in [1.29, 1.82) is 0 Å². The van der Waals surface area contributed by atoms with Gasteiger partial charge in [0.25, 0.3) is 5.91 Å². The maximum atomic E-state index is 11.9. The largest absolute Gasteiger partial charge is 0.383 e. The predicted molar refractivity (Wildman–Crippen MR) is 71.7 cm³/mol. The number of rotatable bonds is 3. The summed E-state index contributed by atoms with van der Waals surface area (Å²) in [5, 5.41) is 12.2. The average molecular weight is 262 g/mol. The third-order valence-electron chi connectivity index (χ3n) is 3.35. The lowest BCUT2D eigenvalue weighted by Gasteiger charge is -2.17. The number of likely N-dealkylation sites (tertiary alicyclic amines) is 1. The number of carbonyl (C=O) groups is 2. The van der Waals surface area contributed by atoms with Crippen molar-refractivity contribution in [2.75, 3.05) is 18.4 Å². The van der Waals surface area contributed by atoms with Crippen molar-refractivity contribution in [1.82, 2.24) is 4.90 Å². The van der Waals surface area contributed by atoms with Gasteiger partial charge in [0, 0.05) is 12.2 Å². The summed E-state index contributed by atoms with van der Waals surface area (Å²) < 4.78 is 0. The lowest BCUT2D eigenvalue weighted by Crippen LogP contribution is -2.36. The van der Waals surface area contributed by atoms with E-state index in [0.717, 1.165) is 16.8 Å². The van der Waals surface area contributed by atoms with Gasteiger partial charge in [0.1, 0.15) is 6.10 Å². The van der Waals surface area contributed by atoms with Crippen LogP contribution in [0.4, 0.5) is 5.69 Å². The highest BCUT2D eigenvalue weighted by molar-refractivity contribution is 5.96. The Labute approximate surface area is 112 Å². The Bertz CT molecular complexity index is 493. The highest BCUT2D eigenvalue weighted by Gasteiger charge is 2.30. The van der Waals surface area contributed by atoms with Crippen molar-refractivity contribution < 1.29 is 14.7 Å². The molecule has 1 atom stereocenters. The van der Waals surface area contributed by atoms with Crippen LogP contribution in [-0.4, -0.2) is 41.0 Å². The second-order valence-corrected chi connectivity index (χ2v) is 4.88. The van der Waals surface area contributed by atoms with Gasteiger partial charge in [-0.05, 0) is 31.4 Å². The van der Waals surface area contributed by atoms with Crippen molar-refractivity contribution >= 4 is 17.5 Å². The zero-order valence-electron chi connectivity index (χ0n) is 11.1. The minimum atomic E-state index is -0.951. The van der Waals surface area contributed by atoms with Gasteiger partial charge in [0.15, 0.2) is 0 Å². The summed E-state index contributed by atoms with van der Waals surface area (Å²) in [6.45, 7) is 4.27. The molecule has 0 saturated carbocycles. The van der Waals surface area contributed by atoms with E-state index in [1.54, 1.807) is 0 Å². The fourth-order valence-corrected chi connectivity index (χ4v) is 2.24. The molecule has 1 aliphatic rings. The third kappa shape index (κ3) is 2.93. The van der Waals surface area contributed by atoms with Gasteiger partial charge in [0.05, 0.1) is 6.54 Å². The molecule has 1 aliphatic heterocycles. The van der Waals surface area contributed by atoms with E-state index in [-0.39, 0.29) is 18.4 Å². The van der Waals surface area contributed by atoms with E-state index < -0.39 is 6.10 Å². The number of aliphatic hydroxyl groups is 1. The summed E-state index contributed by atoms with van der Waals surface area (Å²) in [5.74, 6) is -0.600. The molecule has 1 heterocycles. The molecule has 0 spiro atoms. The smallest absolute Gasteiger partial charge is 0.251 e. The molecule has 1 fully saturated rings. The van der Waals surface area contributed by atoms with Gasteiger partial charge in [-0.1, -0.05) is 18.2 Å². The zero-order chi connectivity index (χ0) is 14.0. The van der Waals surface area contributed by atoms with Gasteiger partial charge in [-0.3, -0.25) is 9.59 Å². The van der Waals surface area contributed by atoms with E-state index >= 15 is 0 Å². The van der Waals surface area contributed by atoms with Crippen LogP contribution in [0, 0.1) is 13.8 Å². The lowest BCUT2D eigenvalue weighted by atomic mass is 10.1. The standard InChI is InChI=1S/C14H18N2O3/c1-9-4-3-5-10(2)13(9)15-12(18)8-16-7-6-11(17)14(16)19/h3-5,11,17H,6-8H2,1-2H3,(H,15,18). The number of nitrogens with zero attached hydrogens (tertiary/aromatic N) is 1. The second kappa shape index (κ2) is 5.40. The SMILES string of the molecule is Cc1cccc(C)c1NC(=O)CN1CCC(O)C1=O. The minimum Gasteiger partial charge on any atom is -0.383 e. The molecule has 0 aliphatic carbocycles. The molecule has 1 aromatic carbocycles. The molecule has 102 valence electrons. The Morgan fingerprint density at radius 2 is 2.05 bits per heavy atom. The molecule has 1 unspecified atom stereocenters. The average Bonchev–Trinajstić information content (AvgIpc) is 2.66. The number of aryl methyl sites for hydroxylation is 2. The molecule has 1 saturated heterocycles. The number of anilines is 1. The number of amides is 2. The number of benzene rings is 1. The monoisotopic (exact) mass is 262 g/mol. The van der Waals surface area contributed by atoms with Gasteiger partial charge in [-0.25, -0.2) is 0 Å². The third-order valence-corrected chi connectivity index (χ3v) is 3.35. The first-order chi connectivity index (χ1) is 8.99. The summed E-state index contributed by atoms with van der Waals surface area (Å²) in [6, 6.07) is 5.78. The van der Waals surface area contributed by atoms with Gasteiger partial charge >= 0.3 is 0 Å². The topological polar surface area (TPSA) is 69.6 Å². The normalized spacial score (nSPS) is 18.8. The van der Waals surface area contributed by atoms with Crippen LogP contribution < -0.4 is 5.32 Å². The van der Waals surface area contributed by atoms with E-state index in [1.165, 1.54) is 4.90 Å². The van der Waals surface area contributed by atoms with E-state index in [9.17, 15) is 14.7 Å². The molecule has 5 nitrogen and oxygen atoms in total. The highest BCUT2D eigenvalue weighted by Crippen LogP contribution is 2.19. The molecule has 1 aromatic rings. The molecule has 19 heavy (non-hydrogen) atoms. The van der Waals surface area contributed by atoms with E-state index in [2.05, 4.69) is 5.32 Å². The van der Waals surface area contributed by atoms with Crippen LogP contribution in [0.3, 0.4) is 0 Å². The number of para-hydroxylation sites is 1. The molecule has 0 aromatic heterocycles. The van der Waals surface area contributed by atoms with Crippen molar-refractivity contribution in [3.05, 3.63) is 29.3 Å². The first-order valence-electron chi connectivity index (χ1n) is 6.32. The zero-order valence-corrected chi connectivity index (χ0v) is 11.1. The quantitative estimate of drug-likeness (QED) is 0.848. The number of hydrogen-bond acceptors (Lipinski definition) is 3. The first kappa shape index (κ1) is 13.5. The van der Waals surface area contributed by atoms with Gasteiger partial charge in [0.2, 0.25) is 5.91 Å². The molecular formula is C14H18N2O3. The van der Waals surface area contributed by atoms with Gasteiger partial charge in [-0.15, -0.1) is 0 Å². The lowest BCUT2D eigenvalue weighted by molar-refractivity contribution is -0.136. The Balaban J connectivity index is 2.00. The Kier molecular flexibility index (Phi) is 3.85. The van der Waals surface area contributed by atoms with E-state index in [0.29, 0.717) is 13.0 Å². The van der Waals surface area contributed by atoms with Crippen LogP contribution in [0.2, 0.25) is 0 Å². The molecule has 5 heteroatoms. The second-order valence-electron chi connectivity index (χ2n) is 4.88. The van der Waals surface area contributed by atoms with Gasteiger partial charge in [-0.2, -0.15) is 0 Å². The summed E-state index contributed by atoms with van der Waals surface area (Å²) in [5.41, 5.74) is 2.77. The van der Waals surface area contributed by atoms with Crippen LogP contribution in [0.25, 0.3) is 0 Å². The number of aliphatic hydroxyl groups excluding tert-OH is 1. The van der Waals surface area contributed by atoms with Crippen LogP contribution in [0.15, 0.2) is 18.2 Å². The summed E-state index contributed by atoms with van der Waals surface area (Å²) in [6.07, 6.45) is -0.553. The maximum absolute atomic E-state index is 11.9. The number of carbonyl (C=O) groups excluding carboxylic acids is 2. The highest BCUT2D eigenvalue weighted by atomic mass is 16.3. The Morgan fingerprint density at radius 3 is 2.58 bits per heavy atom. The summed E-state index contributed by atoms with van der Waals surface area (Å²) in [7, 11) is 0. The Hall–Kier alpha value is -1.88. The predicted octanol–water partition coefficient (Wildman–Crippen LogP) is 0.835. The fourth-order valence-electron chi connectivity index (χ4n) is 2.24. The number of nitrogens with one attached hydrogen (secondary N) is 1. The molecule has 0 radical (unpaired) electrons. The molecular weight excluding hydrogens is 244 g/mol. The van der Waals surface area contributed by atoms with E-state index in [1.807, 2.05) is 32.0 Å². The Morgan fingerprint density at radius 1 is 1.42 bits per heavy atom. The van der Waals surface area contributed by atoms with Crippen LogP contribution in [0.1, 0.15) is 17.5 Å². The van der Waals surface area contributed by atoms with Crippen LogP contribution in [0.5, 0.6) is 0 Å². The van der Waals surface area contributed by atoms with Crippen molar-refractivity contribution in [3.63, 3.8) is 0 Å². The molecule has 2 N–H and O–H groups in total. The minimum absolute atomic E-state index is 0.0103. The summed E-state index contributed by atoms with van der Waals surface area (Å²) in [4.78, 5) is 24.8. The molecule has 2 rings (SSSR count). The van der Waals surface area contributed by atoms with Crippen LogP contribution in [-0.2, 0) is 9.59 Å².